The summed E-state index contributed by atoms with van der Waals surface area (Å²) in [6.07, 6.45) is 4.24. The van der Waals surface area contributed by atoms with Crippen molar-refractivity contribution in [1.29, 1.82) is 0 Å². The van der Waals surface area contributed by atoms with E-state index in [4.69, 9.17) is 0 Å². The Balaban J connectivity index is 1.44. The second kappa shape index (κ2) is 7.34. The monoisotopic (exact) mass is 363 g/mol. The molecule has 0 unspecified atom stereocenters. The average Bonchev–Trinajstić information content (AvgIpc) is 3.42. The number of rotatable bonds is 7. The second-order valence-electron chi connectivity index (χ2n) is 7.34. The van der Waals surface area contributed by atoms with E-state index in [0.717, 1.165) is 47.8 Å². The molecule has 0 bridgehead atoms. The molecule has 3 aromatic rings. The number of pyridine rings is 1. The number of nitrogens with zero attached hydrogens (tertiary/aromatic N) is 6. The summed E-state index contributed by atoms with van der Waals surface area (Å²) in [5.41, 5.74) is 3.22. The molecule has 7 nitrogen and oxygen atoms in total. The smallest absolute Gasteiger partial charge is 0.182 e. The van der Waals surface area contributed by atoms with Crippen LogP contribution < -0.4 is 10.2 Å². The maximum Gasteiger partial charge on any atom is 0.182 e. The van der Waals surface area contributed by atoms with Gasteiger partial charge in [0.05, 0.1) is 6.04 Å². The Morgan fingerprint density at radius 1 is 1.22 bits per heavy atom. The minimum atomic E-state index is 0.427. The minimum Gasteiger partial charge on any atom is -0.381 e. The molecule has 2 heterocycles. The number of anilines is 2. The molecule has 4 rings (SSSR count). The molecule has 0 atom stereocenters. The second-order valence-corrected chi connectivity index (χ2v) is 7.34. The molecule has 2 aromatic heterocycles. The molecule has 1 aromatic carbocycles. The van der Waals surface area contributed by atoms with Crippen LogP contribution in [0.3, 0.4) is 0 Å². The first kappa shape index (κ1) is 17.5. The average molecular weight is 363 g/mol. The Morgan fingerprint density at radius 3 is 2.78 bits per heavy atom. The number of aromatic nitrogens is 5. The highest BCUT2D eigenvalue weighted by Gasteiger charge is 2.28. The predicted molar refractivity (Wildman–Crippen MR) is 107 cm³/mol. The summed E-state index contributed by atoms with van der Waals surface area (Å²) in [5.74, 6) is 1.83. The minimum absolute atomic E-state index is 0.427. The summed E-state index contributed by atoms with van der Waals surface area (Å²) in [7, 11) is 2.06. The van der Waals surface area contributed by atoms with Gasteiger partial charge in [-0.25, -0.2) is 9.67 Å². The highest BCUT2D eigenvalue weighted by molar-refractivity contribution is 5.62. The van der Waals surface area contributed by atoms with Crippen LogP contribution in [-0.4, -0.2) is 38.3 Å². The van der Waals surface area contributed by atoms with Crippen molar-refractivity contribution in [2.75, 3.05) is 17.3 Å². The van der Waals surface area contributed by atoms with Gasteiger partial charge in [-0.05, 0) is 60.9 Å². The Morgan fingerprint density at radius 2 is 2.07 bits per heavy atom. The van der Waals surface area contributed by atoms with Gasteiger partial charge in [0.1, 0.15) is 5.82 Å². The maximum absolute atomic E-state index is 4.56. The fourth-order valence-electron chi connectivity index (χ4n) is 2.92. The third kappa shape index (κ3) is 3.92. The molecule has 1 aliphatic rings. The van der Waals surface area contributed by atoms with E-state index in [0.29, 0.717) is 12.1 Å². The SMILES string of the molecule is CC(C)N(C)c1ccc(CNc2cccc(-c3nnnn3C3CC3)c2)cn1. The third-order valence-electron chi connectivity index (χ3n) is 4.95. The van der Waals surface area contributed by atoms with Crippen LogP contribution in [-0.2, 0) is 6.54 Å². The molecule has 0 amide bonds. The van der Waals surface area contributed by atoms with E-state index < -0.39 is 0 Å². The van der Waals surface area contributed by atoms with Crippen LogP contribution in [0.25, 0.3) is 11.4 Å². The van der Waals surface area contributed by atoms with Gasteiger partial charge in [-0.1, -0.05) is 18.2 Å². The molecule has 0 spiro atoms. The van der Waals surface area contributed by atoms with Crippen molar-refractivity contribution < 1.29 is 0 Å². The summed E-state index contributed by atoms with van der Waals surface area (Å²) in [4.78, 5) is 6.72. The van der Waals surface area contributed by atoms with Crippen LogP contribution >= 0.6 is 0 Å². The van der Waals surface area contributed by atoms with Crippen molar-refractivity contribution in [1.82, 2.24) is 25.2 Å². The van der Waals surface area contributed by atoms with Crippen LogP contribution in [0.4, 0.5) is 11.5 Å². The van der Waals surface area contributed by atoms with Gasteiger partial charge < -0.3 is 10.2 Å². The van der Waals surface area contributed by atoms with Crippen molar-refractivity contribution >= 4 is 11.5 Å². The summed E-state index contributed by atoms with van der Waals surface area (Å²) in [6.45, 7) is 5.03. The number of hydrogen-bond acceptors (Lipinski definition) is 6. The third-order valence-corrected chi connectivity index (χ3v) is 4.95. The Hall–Kier alpha value is -2.96. The Bertz CT molecular complexity index is 897. The van der Waals surface area contributed by atoms with Crippen molar-refractivity contribution in [3.05, 3.63) is 48.2 Å². The fourth-order valence-corrected chi connectivity index (χ4v) is 2.92. The quantitative estimate of drug-likeness (QED) is 0.692. The van der Waals surface area contributed by atoms with Gasteiger partial charge in [-0.3, -0.25) is 0 Å². The zero-order valence-corrected chi connectivity index (χ0v) is 16.0. The van der Waals surface area contributed by atoms with Gasteiger partial charge in [0, 0.05) is 37.1 Å². The van der Waals surface area contributed by atoms with Crippen molar-refractivity contribution in [2.45, 2.75) is 45.3 Å². The van der Waals surface area contributed by atoms with Crippen molar-refractivity contribution in [3.63, 3.8) is 0 Å². The Labute approximate surface area is 159 Å². The van der Waals surface area contributed by atoms with Crippen molar-refractivity contribution in [3.8, 4) is 11.4 Å². The first-order valence-electron chi connectivity index (χ1n) is 9.42. The molecular formula is C20H25N7. The van der Waals surface area contributed by atoms with Crippen LogP contribution in [0.5, 0.6) is 0 Å². The van der Waals surface area contributed by atoms with E-state index in [-0.39, 0.29) is 0 Å². The van der Waals surface area contributed by atoms with Gasteiger partial charge in [0.15, 0.2) is 5.82 Å². The van der Waals surface area contributed by atoms with Crippen LogP contribution in [0.15, 0.2) is 42.6 Å². The summed E-state index contributed by atoms with van der Waals surface area (Å²) in [6, 6.07) is 13.3. The molecule has 0 radical (unpaired) electrons. The van der Waals surface area contributed by atoms with E-state index in [1.54, 1.807) is 0 Å². The predicted octanol–water partition coefficient (Wildman–Crippen LogP) is 3.53. The zero-order valence-electron chi connectivity index (χ0n) is 16.0. The molecule has 0 aliphatic heterocycles. The number of benzene rings is 1. The molecule has 0 saturated heterocycles. The lowest BCUT2D eigenvalue weighted by Crippen LogP contribution is -2.26. The Kier molecular flexibility index (Phi) is 4.75. The van der Waals surface area contributed by atoms with Crippen molar-refractivity contribution in [2.24, 2.45) is 0 Å². The first-order chi connectivity index (χ1) is 13.1. The lowest BCUT2D eigenvalue weighted by Gasteiger charge is -2.22. The number of hydrogen-bond donors (Lipinski definition) is 1. The van der Waals surface area contributed by atoms with Gasteiger partial charge in [0.25, 0.3) is 0 Å². The molecule has 1 fully saturated rings. The molecule has 27 heavy (non-hydrogen) atoms. The van der Waals surface area contributed by atoms with Gasteiger partial charge >= 0.3 is 0 Å². The van der Waals surface area contributed by atoms with E-state index in [9.17, 15) is 0 Å². The molecule has 1 saturated carbocycles. The number of nitrogens with one attached hydrogen (secondary N) is 1. The lowest BCUT2D eigenvalue weighted by atomic mass is 10.2. The summed E-state index contributed by atoms with van der Waals surface area (Å²) >= 11 is 0. The van der Waals surface area contributed by atoms with Gasteiger partial charge in [0.2, 0.25) is 0 Å². The number of tetrazole rings is 1. The molecule has 7 heteroatoms. The summed E-state index contributed by atoms with van der Waals surface area (Å²) in [5, 5.41) is 15.7. The zero-order chi connectivity index (χ0) is 18.8. The van der Waals surface area contributed by atoms with Gasteiger partial charge in [-0.2, -0.15) is 0 Å². The van der Waals surface area contributed by atoms with E-state index in [1.165, 1.54) is 0 Å². The molecule has 140 valence electrons. The van der Waals surface area contributed by atoms with E-state index >= 15 is 0 Å². The maximum atomic E-state index is 4.56. The molecule has 1 N–H and O–H groups in total. The topological polar surface area (TPSA) is 71.8 Å². The van der Waals surface area contributed by atoms with Gasteiger partial charge in [-0.15, -0.1) is 5.10 Å². The standard InChI is InChI=1S/C20H25N7/c1-14(2)26(3)19-10-7-15(13-22-19)12-21-17-6-4-5-16(11-17)20-23-24-25-27(20)18-8-9-18/h4-7,10-11,13-14,18,21H,8-9,12H2,1-3H3. The molecular weight excluding hydrogens is 338 g/mol. The van der Waals surface area contributed by atoms with E-state index in [1.807, 2.05) is 23.0 Å². The summed E-state index contributed by atoms with van der Waals surface area (Å²) < 4.78 is 1.94. The van der Waals surface area contributed by atoms with Crippen LogP contribution in [0.1, 0.15) is 38.3 Å². The highest BCUT2D eigenvalue weighted by atomic mass is 15.6. The normalized spacial score (nSPS) is 13.8. The molecule has 1 aliphatic carbocycles. The fraction of sp³-hybridized carbons (Fsp3) is 0.400. The van der Waals surface area contributed by atoms with Crippen LogP contribution in [0, 0.1) is 0 Å². The first-order valence-corrected chi connectivity index (χ1v) is 9.42. The highest BCUT2D eigenvalue weighted by Crippen LogP contribution is 2.36. The largest absolute Gasteiger partial charge is 0.381 e. The van der Waals surface area contributed by atoms with E-state index in [2.05, 4.69) is 75.9 Å². The van der Waals surface area contributed by atoms with Crippen LogP contribution in [0.2, 0.25) is 0 Å². The lowest BCUT2D eigenvalue weighted by molar-refractivity contribution is 0.615.